The molecule has 0 spiro atoms. The summed E-state index contributed by atoms with van der Waals surface area (Å²) in [5, 5.41) is 18.7. The predicted octanol–water partition coefficient (Wildman–Crippen LogP) is 4.06. The number of carbonyl (C=O) groups excluding carboxylic acids is 3. The standard InChI is InChI=1S/C42H45F3N10O6/c1-52-30-19-24(4-5-28(30)55(40(52)60)29-6-7-32(56)49-37(29)59)3-2-14-53-15-17-54(18-16-53)31-21-27(47-23-48-31)38-50-39(51-61-38)42-11-8-41(9-12-42,10-13-42)22-46-36(58)25-20-26(43)35(57)34(45)33(25)44/h4-5,19-21,23,29,57H,2-3,6-18,22H2,1H3,(H,46,58)(H,49,56,59). The molecule has 19 heteroatoms. The van der Waals surface area contributed by atoms with Gasteiger partial charge in [0.15, 0.2) is 23.2 Å². The summed E-state index contributed by atoms with van der Waals surface area (Å²) in [7, 11) is 1.70. The van der Waals surface area contributed by atoms with Crippen molar-refractivity contribution in [1.82, 2.24) is 44.8 Å². The summed E-state index contributed by atoms with van der Waals surface area (Å²) in [6.07, 6.45) is 8.20. The number of fused-ring (bicyclic) bond motifs is 4. The van der Waals surface area contributed by atoms with Crippen molar-refractivity contribution < 1.29 is 37.2 Å². The van der Waals surface area contributed by atoms with Gasteiger partial charge in [0, 0.05) is 57.7 Å². The number of amides is 3. The zero-order chi connectivity index (χ0) is 42.6. The minimum atomic E-state index is -1.80. The van der Waals surface area contributed by atoms with Gasteiger partial charge in [-0.2, -0.15) is 9.37 Å². The van der Waals surface area contributed by atoms with Gasteiger partial charge in [-0.3, -0.25) is 33.7 Å². The molecule has 5 aromatic rings. The number of aryl methyl sites for hydroxylation is 2. The van der Waals surface area contributed by atoms with E-state index in [2.05, 4.69) is 35.6 Å². The molecule has 2 saturated heterocycles. The number of carbonyl (C=O) groups is 3. The van der Waals surface area contributed by atoms with E-state index in [1.165, 1.54) is 10.9 Å². The molecular formula is C42H45F3N10O6. The molecule has 2 aromatic carbocycles. The molecule has 3 aliphatic carbocycles. The summed E-state index contributed by atoms with van der Waals surface area (Å²) in [6.45, 7) is 4.37. The van der Waals surface area contributed by atoms with E-state index in [0.717, 1.165) is 101 Å². The summed E-state index contributed by atoms with van der Waals surface area (Å²) in [6, 6.07) is 7.56. The number of anilines is 1. The van der Waals surface area contributed by atoms with Gasteiger partial charge in [-0.05, 0) is 93.5 Å². The topological polar surface area (TPSA) is 194 Å². The quantitative estimate of drug-likeness (QED) is 0.128. The van der Waals surface area contributed by atoms with Gasteiger partial charge in [0.1, 0.15) is 23.9 Å². The minimum absolute atomic E-state index is 0.197. The van der Waals surface area contributed by atoms with Crippen molar-refractivity contribution >= 4 is 34.6 Å². The molecule has 10 rings (SSSR count). The largest absolute Gasteiger partial charge is 0.503 e. The number of imidazole rings is 1. The smallest absolute Gasteiger partial charge is 0.329 e. The zero-order valence-electron chi connectivity index (χ0n) is 33.6. The number of imide groups is 1. The summed E-state index contributed by atoms with van der Waals surface area (Å²) < 4.78 is 50.8. The molecule has 2 bridgehead atoms. The number of rotatable bonds is 11. The SMILES string of the molecule is Cn1c(=O)n(C2CCC(=O)NC2=O)c2ccc(CCCN3CCN(c4cc(-c5nc(C67CCC(CNC(=O)c8cc(F)c(O)c(F)c8F)(CC6)CC7)no5)ncn4)CC3)cc21. The summed E-state index contributed by atoms with van der Waals surface area (Å²) in [5.41, 5.74) is 1.43. The van der Waals surface area contributed by atoms with E-state index in [4.69, 9.17) is 9.51 Å². The van der Waals surface area contributed by atoms with Gasteiger partial charge in [-0.15, -0.1) is 0 Å². The lowest BCUT2D eigenvalue weighted by atomic mass is 9.53. The Bertz CT molecular complexity index is 2590. The lowest BCUT2D eigenvalue weighted by Gasteiger charge is -2.52. The Morgan fingerprint density at radius 2 is 1.72 bits per heavy atom. The minimum Gasteiger partial charge on any atom is -0.503 e. The molecule has 61 heavy (non-hydrogen) atoms. The van der Waals surface area contributed by atoms with Crippen molar-refractivity contribution in [3.8, 4) is 17.3 Å². The van der Waals surface area contributed by atoms with Crippen LogP contribution in [0.1, 0.15) is 85.6 Å². The molecule has 320 valence electrons. The van der Waals surface area contributed by atoms with Crippen LogP contribution < -0.4 is 21.2 Å². The van der Waals surface area contributed by atoms with Gasteiger partial charge >= 0.3 is 5.69 Å². The van der Waals surface area contributed by atoms with Crippen LogP contribution in [-0.2, 0) is 28.5 Å². The number of nitrogens with zero attached hydrogens (tertiary/aromatic N) is 8. The van der Waals surface area contributed by atoms with E-state index in [0.29, 0.717) is 35.4 Å². The Morgan fingerprint density at radius 3 is 2.46 bits per heavy atom. The van der Waals surface area contributed by atoms with E-state index in [9.17, 15) is 37.5 Å². The van der Waals surface area contributed by atoms with Crippen LogP contribution in [0.25, 0.3) is 22.6 Å². The fourth-order valence-electron chi connectivity index (χ4n) is 9.66. The highest BCUT2D eigenvalue weighted by Gasteiger charge is 2.51. The number of aromatic hydroxyl groups is 1. The van der Waals surface area contributed by atoms with E-state index >= 15 is 0 Å². The third-order valence-electron chi connectivity index (χ3n) is 13.5. The number of piperidine rings is 1. The fourth-order valence-corrected chi connectivity index (χ4v) is 9.66. The van der Waals surface area contributed by atoms with Crippen LogP contribution in [0, 0.1) is 22.9 Å². The Hall–Kier alpha value is -6.11. The number of nitrogens with one attached hydrogen (secondary N) is 2. The molecule has 5 fully saturated rings. The highest BCUT2D eigenvalue weighted by molar-refractivity contribution is 6.00. The summed E-state index contributed by atoms with van der Waals surface area (Å²) in [5.74, 6) is -6.28. The Balaban J connectivity index is 0.763. The molecule has 3 saturated carbocycles. The van der Waals surface area contributed by atoms with E-state index < -0.39 is 46.6 Å². The van der Waals surface area contributed by atoms with Gasteiger partial charge in [-0.1, -0.05) is 11.2 Å². The lowest BCUT2D eigenvalue weighted by Crippen LogP contribution is -2.49. The van der Waals surface area contributed by atoms with E-state index in [1.807, 2.05) is 24.3 Å². The van der Waals surface area contributed by atoms with Gasteiger partial charge in [0.2, 0.25) is 17.6 Å². The number of benzene rings is 2. The molecule has 5 heterocycles. The van der Waals surface area contributed by atoms with E-state index in [-0.39, 0.29) is 35.4 Å². The third kappa shape index (κ3) is 7.41. The van der Waals surface area contributed by atoms with Crippen molar-refractivity contribution in [1.29, 1.82) is 0 Å². The van der Waals surface area contributed by atoms with Gasteiger partial charge in [0.25, 0.3) is 11.8 Å². The summed E-state index contributed by atoms with van der Waals surface area (Å²) in [4.78, 5) is 68.5. The van der Waals surface area contributed by atoms with Crippen molar-refractivity contribution in [3.63, 3.8) is 0 Å². The van der Waals surface area contributed by atoms with Crippen LogP contribution in [0.5, 0.6) is 5.75 Å². The number of phenols is 1. The second kappa shape index (κ2) is 15.7. The van der Waals surface area contributed by atoms with Crippen molar-refractivity contribution in [2.24, 2.45) is 12.5 Å². The maximum atomic E-state index is 14.3. The van der Waals surface area contributed by atoms with Crippen LogP contribution >= 0.6 is 0 Å². The zero-order valence-corrected chi connectivity index (χ0v) is 33.6. The fraction of sp³-hybridized carbons (Fsp3) is 0.476. The Kier molecular flexibility index (Phi) is 10.4. The van der Waals surface area contributed by atoms with Crippen LogP contribution in [0.2, 0.25) is 0 Å². The lowest BCUT2D eigenvalue weighted by molar-refractivity contribution is -0.135. The van der Waals surface area contributed by atoms with Crippen LogP contribution in [0.3, 0.4) is 0 Å². The van der Waals surface area contributed by atoms with Crippen molar-refractivity contribution in [3.05, 3.63) is 81.5 Å². The van der Waals surface area contributed by atoms with Gasteiger partial charge < -0.3 is 19.8 Å². The molecule has 1 atom stereocenters. The van der Waals surface area contributed by atoms with Crippen molar-refractivity contribution in [2.45, 2.75) is 75.7 Å². The average molecular weight is 843 g/mol. The summed E-state index contributed by atoms with van der Waals surface area (Å²) >= 11 is 0. The third-order valence-corrected chi connectivity index (χ3v) is 13.5. The van der Waals surface area contributed by atoms with Crippen LogP contribution in [0.4, 0.5) is 19.0 Å². The van der Waals surface area contributed by atoms with Crippen LogP contribution in [-0.4, -0.2) is 96.2 Å². The molecule has 1 unspecified atom stereocenters. The van der Waals surface area contributed by atoms with Crippen molar-refractivity contribution in [2.75, 3.05) is 44.2 Å². The van der Waals surface area contributed by atoms with Gasteiger partial charge in [-0.25, -0.2) is 23.5 Å². The molecule has 0 radical (unpaired) electrons. The van der Waals surface area contributed by atoms with E-state index in [1.54, 1.807) is 11.6 Å². The number of hydrogen-bond donors (Lipinski definition) is 3. The molecule has 3 N–H and O–H groups in total. The molecule has 5 aliphatic rings. The Morgan fingerprint density at radius 1 is 0.967 bits per heavy atom. The molecular weight excluding hydrogens is 798 g/mol. The number of piperazine rings is 1. The monoisotopic (exact) mass is 842 g/mol. The molecule has 2 aliphatic heterocycles. The molecule has 3 amide bonds. The second-order valence-electron chi connectivity index (χ2n) is 17.0. The first-order valence-electron chi connectivity index (χ1n) is 20.7. The molecule has 3 aromatic heterocycles. The number of aromatic nitrogens is 6. The maximum Gasteiger partial charge on any atom is 0.329 e. The normalized spacial score (nSPS) is 23.1. The Labute approximate surface area is 347 Å². The van der Waals surface area contributed by atoms with Crippen LogP contribution in [0.15, 0.2) is 46.0 Å². The average Bonchev–Trinajstić information content (AvgIpc) is 3.88. The first-order valence-corrected chi connectivity index (χ1v) is 20.7. The highest BCUT2D eigenvalue weighted by atomic mass is 19.2. The number of halogens is 3. The first-order chi connectivity index (χ1) is 29.3. The second-order valence-corrected chi connectivity index (χ2v) is 17.0. The highest BCUT2D eigenvalue weighted by Crippen LogP contribution is 2.57. The first kappa shape index (κ1) is 40.3. The van der Waals surface area contributed by atoms with Gasteiger partial charge in [0.05, 0.1) is 16.6 Å². The molecule has 16 nitrogen and oxygen atoms in total. The number of hydrogen-bond acceptors (Lipinski definition) is 12. The predicted molar refractivity (Wildman–Crippen MR) is 213 cm³/mol. The maximum absolute atomic E-state index is 14.3. The number of phenolic OH excluding ortho intramolecular Hbond substituents is 1.